The van der Waals surface area contributed by atoms with Crippen LogP contribution in [0.4, 0.5) is 5.82 Å². The summed E-state index contributed by atoms with van der Waals surface area (Å²) in [5.74, 6) is 0.963. The van der Waals surface area contributed by atoms with Gasteiger partial charge in [0.2, 0.25) is 0 Å². The number of Topliss-reactive ketones (excluding diaryl/α,β-unsaturated/α-hetero) is 1. The van der Waals surface area contributed by atoms with E-state index in [4.69, 9.17) is 4.99 Å². The molecular weight excluding hydrogens is 298 g/mol. The summed E-state index contributed by atoms with van der Waals surface area (Å²) in [5, 5.41) is 6.88. The first kappa shape index (κ1) is 13.7. The number of benzene rings is 2. The monoisotopic (exact) mass is 315 g/mol. The van der Waals surface area contributed by atoms with Crippen LogP contribution in [-0.2, 0) is 4.79 Å². The Kier molecular flexibility index (Phi) is 2.92. The van der Waals surface area contributed by atoms with E-state index < -0.39 is 0 Å². The molecule has 1 aliphatic carbocycles. The zero-order chi connectivity index (χ0) is 16.1. The van der Waals surface area contributed by atoms with Gasteiger partial charge in [0.05, 0.1) is 18.2 Å². The van der Waals surface area contributed by atoms with E-state index in [2.05, 4.69) is 41.5 Å². The molecule has 0 radical (unpaired) electrons. The van der Waals surface area contributed by atoms with Gasteiger partial charge in [0.15, 0.2) is 5.82 Å². The predicted octanol–water partition coefficient (Wildman–Crippen LogP) is 4.08. The van der Waals surface area contributed by atoms with Gasteiger partial charge >= 0.3 is 0 Å². The Morgan fingerprint density at radius 2 is 1.88 bits per heavy atom. The third-order valence-corrected chi connectivity index (χ3v) is 5.19. The smallest absolute Gasteiger partial charge is 0.150 e. The van der Waals surface area contributed by atoms with Crippen LogP contribution in [-0.4, -0.2) is 21.3 Å². The highest BCUT2D eigenvalue weighted by molar-refractivity contribution is 6.09. The highest BCUT2D eigenvalue weighted by Crippen LogP contribution is 2.42. The molecule has 4 nitrogen and oxygen atoms in total. The Hall–Kier alpha value is -2.75. The standard InChI is InChI=1S/C20H17N3O/c24-17-10-4-9-16-19(17)20(23-18(22-16)11-12-21-23)15-8-3-6-13-5-1-2-7-14(13)15/h1-3,5-8,11-12,19-20H,4,9-10H2. The van der Waals surface area contributed by atoms with Crippen LogP contribution in [0.1, 0.15) is 30.9 Å². The van der Waals surface area contributed by atoms with E-state index in [9.17, 15) is 4.79 Å². The molecule has 1 aromatic heterocycles. The quantitative estimate of drug-likeness (QED) is 0.679. The minimum atomic E-state index is -0.183. The van der Waals surface area contributed by atoms with Crippen LogP contribution in [0.5, 0.6) is 0 Å². The van der Waals surface area contributed by atoms with Crippen LogP contribution in [0.2, 0.25) is 0 Å². The van der Waals surface area contributed by atoms with Crippen LogP contribution in [0, 0.1) is 5.92 Å². The number of hydrogen-bond acceptors (Lipinski definition) is 3. The van der Waals surface area contributed by atoms with Crippen LogP contribution < -0.4 is 0 Å². The molecule has 24 heavy (non-hydrogen) atoms. The first-order chi connectivity index (χ1) is 11.8. The summed E-state index contributed by atoms with van der Waals surface area (Å²) in [6.07, 6.45) is 4.23. The maximum absolute atomic E-state index is 12.8. The van der Waals surface area contributed by atoms with E-state index in [1.807, 2.05) is 16.8 Å². The van der Waals surface area contributed by atoms with Crippen molar-refractivity contribution in [3.63, 3.8) is 0 Å². The van der Waals surface area contributed by atoms with E-state index in [1.165, 1.54) is 10.8 Å². The van der Waals surface area contributed by atoms with E-state index >= 15 is 0 Å². The fraction of sp³-hybridized carbons (Fsp3) is 0.250. The minimum Gasteiger partial charge on any atom is -0.299 e. The lowest BCUT2D eigenvalue weighted by molar-refractivity contribution is -0.122. The molecule has 2 unspecified atom stereocenters. The van der Waals surface area contributed by atoms with Crippen LogP contribution in [0.25, 0.3) is 10.8 Å². The molecule has 1 aliphatic heterocycles. The molecule has 1 saturated carbocycles. The topological polar surface area (TPSA) is 47.2 Å². The first-order valence-corrected chi connectivity index (χ1v) is 8.44. The average Bonchev–Trinajstić information content (AvgIpc) is 3.08. The van der Waals surface area contributed by atoms with Gasteiger partial charge in [0.1, 0.15) is 5.78 Å². The molecule has 0 saturated heterocycles. The fourth-order valence-electron chi connectivity index (χ4n) is 4.14. The molecule has 2 aliphatic rings. The van der Waals surface area contributed by atoms with Crippen molar-refractivity contribution in [2.24, 2.45) is 10.9 Å². The van der Waals surface area contributed by atoms with E-state index in [1.54, 1.807) is 6.20 Å². The van der Waals surface area contributed by atoms with Crippen LogP contribution >= 0.6 is 0 Å². The second kappa shape index (κ2) is 5.13. The van der Waals surface area contributed by atoms with Crippen molar-refractivity contribution in [3.05, 3.63) is 60.3 Å². The number of fused-ring (bicyclic) bond motifs is 3. The zero-order valence-electron chi connectivity index (χ0n) is 13.2. The van der Waals surface area contributed by atoms with Gasteiger partial charge in [-0.05, 0) is 29.2 Å². The summed E-state index contributed by atoms with van der Waals surface area (Å²) in [7, 11) is 0. The third kappa shape index (κ3) is 1.89. The van der Waals surface area contributed by atoms with Gasteiger partial charge in [-0.1, -0.05) is 42.5 Å². The van der Waals surface area contributed by atoms with Gasteiger partial charge in [-0.25, -0.2) is 9.67 Å². The maximum Gasteiger partial charge on any atom is 0.150 e. The molecule has 4 heteroatoms. The van der Waals surface area contributed by atoms with Crippen molar-refractivity contribution < 1.29 is 4.79 Å². The Morgan fingerprint density at radius 1 is 1.00 bits per heavy atom. The van der Waals surface area contributed by atoms with Gasteiger partial charge in [-0.3, -0.25) is 4.79 Å². The second-order valence-corrected chi connectivity index (χ2v) is 6.55. The summed E-state index contributed by atoms with van der Waals surface area (Å²) in [5.41, 5.74) is 2.18. The molecule has 3 aromatic rings. The summed E-state index contributed by atoms with van der Waals surface area (Å²) in [4.78, 5) is 17.5. The molecule has 1 fully saturated rings. The van der Waals surface area contributed by atoms with Crippen molar-refractivity contribution in [1.82, 2.24) is 9.78 Å². The normalized spacial score (nSPS) is 22.8. The van der Waals surface area contributed by atoms with Crippen molar-refractivity contribution in [3.8, 4) is 0 Å². The number of hydrogen-bond donors (Lipinski definition) is 0. The lowest BCUT2D eigenvalue weighted by atomic mass is 9.77. The summed E-state index contributed by atoms with van der Waals surface area (Å²) in [6.45, 7) is 0. The molecule has 2 aromatic carbocycles. The molecule has 0 N–H and O–H groups in total. The number of aliphatic imine (C=N–C) groups is 1. The molecule has 5 rings (SSSR count). The number of carbonyl (C=O) groups excluding carboxylic acids is 1. The lowest BCUT2D eigenvalue weighted by Gasteiger charge is -2.35. The Bertz CT molecular complexity index is 980. The summed E-state index contributed by atoms with van der Waals surface area (Å²) in [6, 6.07) is 16.5. The highest BCUT2D eigenvalue weighted by atomic mass is 16.1. The van der Waals surface area contributed by atoms with Gasteiger partial charge in [-0.15, -0.1) is 0 Å². The Morgan fingerprint density at radius 3 is 2.83 bits per heavy atom. The van der Waals surface area contributed by atoms with Crippen molar-refractivity contribution >= 4 is 28.1 Å². The SMILES string of the molecule is O=C1CCCC2=Nc3ccnn3C(c3cccc4ccccc34)C12. The van der Waals surface area contributed by atoms with Gasteiger partial charge < -0.3 is 0 Å². The average molecular weight is 315 g/mol. The molecule has 118 valence electrons. The Labute approximate surface area is 139 Å². The lowest BCUT2D eigenvalue weighted by Crippen LogP contribution is -2.39. The van der Waals surface area contributed by atoms with Gasteiger partial charge in [0, 0.05) is 18.2 Å². The second-order valence-electron chi connectivity index (χ2n) is 6.55. The number of rotatable bonds is 1. The molecule has 2 heterocycles. The number of ketones is 1. The molecular formula is C20H17N3O. The van der Waals surface area contributed by atoms with E-state index in [0.29, 0.717) is 12.2 Å². The minimum absolute atomic E-state index is 0.0959. The largest absolute Gasteiger partial charge is 0.299 e. The Balaban J connectivity index is 1.79. The van der Waals surface area contributed by atoms with Crippen molar-refractivity contribution in [1.29, 1.82) is 0 Å². The van der Waals surface area contributed by atoms with Crippen LogP contribution in [0.3, 0.4) is 0 Å². The number of carbonyl (C=O) groups is 1. The van der Waals surface area contributed by atoms with Crippen molar-refractivity contribution in [2.75, 3.05) is 0 Å². The summed E-state index contributed by atoms with van der Waals surface area (Å²) >= 11 is 0. The third-order valence-electron chi connectivity index (χ3n) is 5.19. The first-order valence-electron chi connectivity index (χ1n) is 8.44. The number of aromatic nitrogens is 2. The van der Waals surface area contributed by atoms with Crippen LogP contribution in [0.15, 0.2) is 59.7 Å². The van der Waals surface area contributed by atoms with E-state index in [-0.39, 0.29) is 12.0 Å². The van der Waals surface area contributed by atoms with Crippen molar-refractivity contribution in [2.45, 2.75) is 25.3 Å². The highest BCUT2D eigenvalue weighted by Gasteiger charge is 2.41. The van der Waals surface area contributed by atoms with E-state index in [0.717, 1.165) is 29.9 Å². The summed E-state index contributed by atoms with van der Waals surface area (Å²) < 4.78 is 1.93. The molecule has 0 bridgehead atoms. The number of nitrogens with zero attached hydrogens (tertiary/aromatic N) is 3. The molecule has 0 spiro atoms. The molecule has 2 atom stereocenters. The van der Waals surface area contributed by atoms with Gasteiger partial charge in [0.25, 0.3) is 0 Å². The maximum atomic E-state index is 12.8. The fourth-order valence-corrected chi connectivity index (χ4v) is 4.14. The zero-order valence-corrected chi connectivity index (χ0v) is 13.2. The van der Waals surface area contributed by atoms with Gasteiger partial charge in [-0.2, -0.15) is 5.10 Å². The predicted molar refractivity (Wildman–Crippen MR) is 93.8 cm³/mol. The molecule has 0 amide bonds.